The summed E-state index contributed by atoms with van der Waals surface area (Å²) in [5, 5.41) is 17.5. The van der Waals surface area contributed by atoms with Crippen molar-refractivity contribution in [3.8, 4) is 0 Å². The van der Waals surface area contributed by atoms with Crippen molar-refractivity contribution in [3.05, 3.63) is 101 Å². The van der Waals surface area contributed by atoms with Crippen LogP contribution in [0.25, 0.3) is 0 Å². The molecular formula is C22H18ClFN2O. The van der Waals surface area contributed by atoms with E-state index < -0.39 is 0 Å². The monoisotopic (exact) mass is 380 g/mol. The summed E-state index contributed by atoms with van der Waals surface area (Å²) in [5.41, 5.74) is 3.47. The highest BCUT2D eigenvalue weighted by Crippen LogP contribution is 2.37. The predicted octanol–water partition coefficient (Wildman–Crippen LogP) is 4.85. The molecule has 1 N–H and O–H groups in total. The standard InChI is InChI=1S/C22H18ClFN2O/c23-17-6-4-5-16(13-17)22-21(15-9-11-18(24)12-10-15)20(14-27)26(25-22)19-7-2-1-3-8-19/h1-13,20-21,27H,14H2/t20-,21-/m1/s1. The first-order chi connectivity index (χ1) is 13.2. The van der Waals surface area contributed by atoms with Crippen LogP contribution in [0.1, 0.15) is 17.0 Å². The third-order valence-electron chi connectivity index (χ3n) is 4.77. The smallest absolute Gasteiger partial charge is 0.123 e. The fourth-order valence-electron chi connectivity index (χ4n) is 3.52. The highest BCUT2D eigenvalue weighted by molar-refractivity contribution is 6.31. The summed E-state index contributed by atoms with van der Waals surface area (Å²) < 4.78 is 13.5. The minimum absolute atomic E-state index is 0.0928. The Morgan fingerprint density at radius 3 is 2.37 bits per heavy atom. The molecule has 0 unspecified atom stereocenters. The summed E-state index contributed by atoms with van der Waals surface area (Å²) in [6, 6.07) is 23.3. The summed E-state index contributed by atoms with van der Waals surface area (Å²) >= 11 is 6.19. The van der Waals surface area contributed by atoms with Gasteiger partial charge >= 0.3 is 0 Å². The Morgan fingerprint density at radius 1 is 0.963 bits per heavy atom. The highest BCUT2D eigenvalue weighted by Gasteiger charge is 2.39. The van der Waals surface area contributed by atoms with Crippen LogP contribution in [-0.4, -0.2) is 23.5 Å². The lowest BCUT2D eigenvalue weighted by atomic mass is 9.85. The van der Waals surface area contributed by atoms with Gasteiger partial charge in [0.25, 0.3) is 0 Å². The summed E-state index contributed by atoms with van der Waals surface area (Å²) in [5.74, 6) is -0.507. The Kier molecular flexibility index (Phi) is 4.92. The van der Waals surface area contributed by atoms with Crippen LogP contribution < -0.4 is 5.01 Å². The van der Waals surface area contributed by atoms with Crippen LogP contribution in [-0.2, 0) is 0 Å². The number of hydrogen-bond donors (Lipinski definition) is 1. The van der Waals surface area contributed by atoms with Gasteiger partial charge in [-0.2, -0.15) is 5.10 Å². The summed E-state index contributed by atoms with van der Waals surface area (Å²) in [4.78, 5) is 0. The molecule has 0 aliphatic carbocycles. The number of hydrogen-bond acceptors (Lipinski definition) is 3. The second-order valence-corrected chi connectivity index (χ2v) is 6.89. The van der Waals surface area contributed by atoms with Crippen molar-refractivity contribution in [1.82, 2.24) is 0 Å². The SMILES string of the molecule is OC[C@@H]1[C@@H](c2ccc(F)cc2)C(c2cccc(Cl)c2)=NN1c1ccccc1. The molecule has 0 radical (unpaired) electrons. The minimum Gasteiger partial charge on any atom is -0.394 e. The molecule has 0 saturated carbocycles. The molecule has 4 rings (SSSR count). The van der Waals surface area contributed by atoms with Gasteiger partial charge < -0.3 is 5.11 Å². The number of para-hydroxylation sites is 1. The lowest BCUT2D eigenvalue weighted by Gasteiger charge is -2.26. The quantitative estimate of drug-likeness (QED) is 0.702. The Labute approximate surface area is 162 Å². The van der Waals surface area contributed by atoms with E-state index in [-0.39, 0.29) is 24.4 Å². The number of benzene rings is 3. The second kappa shape index (κ2) is 7.51. The Morgan fingerprint density at radius 2 is 1.70 bits per heavy atom. The van der Waals surface area contributed by atoms with Crippen molar-refractivity contribution in [2.75, 3.05) is 11.6 Å². The van der Waals surface area contributed by atoms with Crippen LogP contribution in [0, 0.1) is 5.82 Å². The molecule has 3 nitrogen and oxygen atoms in total. The lowest BCUT2D eigenvalue weighted by Crippen LogP contribution is -2.35. The average Bonchev–Trinajstić information content (AvgIpc) is 3.09. The number of halogens is 2. The molecule has 1 heterocycles. The number of rotatable bonds is 4. The van der Waals surface area contributed by atoms with Gasteiger partial charge in [0.2, 0.25) is 0 Å². The average molecular weight is 381 g/mol. The maximum absolute atomic E-state index is 13.5. The second-order valence-electron chi connectivity index (χ2n) is 6.45. The Hall–Kier alpha value is -2.69. The molecule has 3 aromatic carbocycles. The summed E-state index contributed by atoms with van der Waals surface area (Å²) in [6.45, 7) is -0.0928. The molecule has 0 spiro atoms. The zero-order valence-electron chi connectivity index (χ0n) is 14.5. The maximum atomic E-state index is 13.5. The van der Waals surface area contributed by atoms with Crippen LogP contribution in [0.2, 0.25) is 5.02 Å². The third kappa shape index (κ3) is 3.46. The van der Waals surface area contributed by atoms with Crippen LogP contribution in [0.15, 0.2) is 84.0 Å². The van der Waals surface area contributed by atoms with Gasteiger partial charge in [-0.3, -0.25) is 5.01 Å². The van der Waals surface area contributed by atoms with Crippen LogP contribution >= 0.6 is 11.6 Å². The number of aliphatic hydroxyl groups excluding tert-OH is 1. The molecule has 3 aromatic rings. The normalized spacial score (nSPS) is 19.2. The molecule has 0 fully saturated rings. The van der Waals surface area contributed by atoms with Gasteiger partial charge in [-0.15, -0.1) is 0 Å². The molecule has 0 aromatic heterocycles. The molecule has 1 aliphatic rings. The largest absolute Gasteiger partial charge is 0.394 e. The van der Waals surface area contributed by atoms with E-state index in [4.69, 9.17) is 16.7 Å². The highest BCUT2D eigenvalue weighted by atomic mass is 35.5. The van der Waals surface area contributed by atoms with E-state index in [1.165, 1.54) is 12.1 Å². The van der Waals surface area contributed by atoms with E-state index in [0.29, 0.717) is 5.02 Å². The Bertz CT molecular complexity index is 960. The Balaban J connectivity index is 1.85. The predicted molar refractivity (Wildman–Crippen MR) is 107 cm³/mol. The molecule has 2 atom stereocenters. The van der Waals surface area contributed by atoms with Crippen molar-refractivity contribution in [2.24, 2.45) is 5.10 Å². The summed E-state index contributed by atoms with van der Waals surface area (Å²) in [7, 11) is 0. The number of hydrazone groups is 1. The van der Waals surface area contributed by atoms with Crippen molar-refractivity contribution >= 4 is 23.0 Å². The van der Waals surface area contributed by atoms with Gasteiger partial charge in [0.15, 0.2) is 0 Å². The first-order valence-electron chi connectivity index (χ1n) is 8.72. The van der Waals surface area contributed by atoms with Gasteiger partial charge in [0.1, 0.15) is 5.82 Å². The van der Waals surface area contributed by atoms with Crippen molar-refractivity contribution in [2.45, 2.75) is 12.0 Å². The van der Waals surface area contributed by atoms with E-state index >= 15 is 0 Å². The van der Waals surface area contributed by atoms with Gasteiger partial charge in [0.05, 0.1) is 30.0 Å². The first-order valence-corrected chi connectivity index (χ1v) is 9.10. The zero-order valence-corrected chi connectivity index (χ0v) is 15.2. The fraction of sp³-hybridized carbons (Fsp3) is 0.136. The van der Waals surface area contributed by atoms with Gasteiger partial charge in [-0.25, -0.2) is 4.39 Å². The van der Waals surface area contributed by atoms with Crippen molar-refractivity contribution in [3.63, 3.8) is 0 Å². The van der Waals surface area contributed by atoms with Crippen LogP contribution in [0.5, 0.6) is 0 Å². The van der Waals surface area contributed by atoms with Crippen molar-refractivity contribution in [1.29, 1.82) is 0 Å². The molecule has 1 aliphatic heterocycles. The van der Waals surface area contributed by atoms with E-state index in [0.717, 1.165) is 22.5 Å². The third-order valence-corrected chi connectivity index (χ3v) is 5.00. The number of aliphatic hydroxyl groups is 1. The number of nitrogens with zero attached hydrogens (tertiary/aromatic N) is 2. The van der Waals surface area contributed by atoms with E-state index in [1.807, 2.05) is 59.6 Å². The maximum Gasteiger partial charge on any atom is 0.123 e. The first kappa shape index (κ1) is 17.7. The summed E-state index contributed by atoms with van der Waals surface area (Å²) in [6.07, 6.45) is 0. The molecule has 5 heteroatoms. The topological polar surface area (TPSA) is 35.8 Å². The molecule has 0 bridgehead atoms. The fourth-order valence-corrected chi connectivity index (χ4v) is 3.71. The van der Waals surface area contributed by atoms with E-state index in [2.05, 4.69) is 0 Å². The molecule has 27 heavy (non-hydrogen) atoms. The molecule has 0 amide bonds. The van der Waals surface area contributed by atoms with Crippen molar-refractivity contribution < 1.29 is 9.50 Å². The molecular weight excluding hydrogens is 363 g/mol. The lowest BCUT2D eigenvalue weighted by molar-refractivity contribution is 0.259. The van der Waals surface area contributed by atoms with Crippen LogP contribution in [0.3, 0.4) is 0 Å². The zero-order chi connectivity index (χ0) is 18.8. The number of anilines is 1. The van der Waals surface area contributed by atoms with Gasteiger partial charge in [-0.05, 0) is 47.5 Å². The van der Waals surface area contributed by atoms with Crippen LogP contribution in [0.4, 0.5) is 10.1 Å². The minimum atomic E-state index is -0.299. The molecule has 0 saturated heterocycles. The molecule has 136 valence electrons. The van der Waals surface area contributed by atoms with E-state index in [1.54, 1.807) is 12.1 Å². The van der Waals surface area contributed by atoms with Gasteiger partial charge in [-0.1, -0.05) is 54.1 Å². The van der Waals surface area contributed by atoms with E-state index in [9.17, 15) is 9.50 Å². The van der Waals surface area contributed by atoms with Gasteiger partial charge in [0, 0.05) is 5.02 Å².